The van der Waals surface area contributed by atoms with Crippen molar-refractivity contribution in [1.82, 2.24) is 0 Å². The van der Waals surface area contributed by atoms with Gasteiger partial charge >= 0.3 is 0 Å². The van der Waals surface area contributed by atoms with Crippen LogP contribution >= 0.6 is 11.6 Å². The van der Waals surface area contributed by atoms with Gasteiger partial charge in [-0.3, -0.25) is 4.79 Å². The van der Waals surface area contributed by atoms with Crippen LogP contribution in [0.15, 0.2) is 24.3 Å². The molecule has 0 aromatic heterocycles. The number of carbonyl (C=O) groups excluding carboxylic acids is 1. The van der Waals surface area contributed by atoms with Crippen LogP contribution < -0.4 is 0 Å². The SMILES string of the molecule is O=C(CCl)C1C=CC=CC1(F)F. The zero-order valence-electron chi connectivity index (χ0n) is 6.14. The fraction of sp³-hybridized carbons (Fsp3) is 0.375. The van der Waals surface area contributed by atoms with E-state index < -0.39 is 17.6 Å². The third kappa shape index (κ3) is 1.72. The largest absolute Gasteiger partial charge is 0.297 e. The summed E-state index contributed by atoms with van der Waals surface area (Å²) in [5.41, 5.74) is 0. The average molecular weight is 193 g/mol. The van der Waals surface area contributed by atoms with E-state index in [0.29, 0.717) is 6.08 Å². The first-order valence-corrected chi connectivity index (χ1v) is 3.94. The van der Waals surface area contributed by atoms with Crippen LogP contribution in [-0.2, 0) is 4.79 Å². The van der Waals surface area contributed by atoms with Gasteiger partial charge in [-0.2, -0.15) is 0 Å². The molecule has 66 valence electrons. The topological polar surface area (TPSA) is 17.1 Å². The summed E-state index contributed by atoms with van der Waals surface area (Å²) < 4.78 is 25.8. The quantitative estimate of drug-likeness (QED) is 0.613. The van der Waals surface area contributed by atoms with Gasteiger partial charge in [-0.25, -0.2) is 8.78 Å². The summed E-state index contributed by atoms with van der Waals surface area (Å²) in [7, 11) is 0. The number of alkyl halides is 3. The van der Waals surface area contributed by atoms with Crippen molar-refractivity contribution in [1.29, 1.82) is 0 Å². The Bertz CT molecular complexity index is 245. The Morgan fingerprint density at radius 2 is 2.17 bits per heavy atom. The second-order valence-electron chi connectivity index (χ2n) is 2.50. The van der Waals surface area contributed by atoms with E-state index in [4.69, 9.17) is 11.6 Å². The van der Waals surface area contributed by atoms with E-state index in [-0.39, 0.29) is 5.88 Å². The van der Waals surface area contributed by atoms with Gasteiger partial charge in [0.25, 0.3) is 5.92 Å². The van der Waals surface area contributed by atoms with Crippen LogP contribution in [0.25, 0.3) is 0 Å². The molecule has 0 aromatic carbocycles. The van der Waals surface area contributed by atoms with Crippen molar-refractivity contribution in [2.75, 3.05) is 5.88 Å². The number of rotatable bonds is 2. The van der Waals surface area contributed by atoms with Gasteiger partial charge in [0.15, 0.2) is 5.78 Å². The molecule has 4 heteroatoms. The smallest absolute Gasteiger partial charge is 0.279 e. The van der Waals surface area contributed by atoms with Crippen LogP contribution in [-0.4, -0.2) is 17.6 Å². The Labute approximate surface area is 73.7 Å². The fourth-order valence-corrected chi connectivity index (χ4v) is 1.16. The van der Waals surface area contributed by atoms with Crippen molar-refractivity contribution in [2.45, 2.75) is 5.92 Å². The van der Waals surface area contributed by atoms with Crippen molar-refractivity contribution in [3.63, 3.8) is 0 Å². The Kier molecular flexibility index (Phi) is 2.62. The van der Waals surface area contributed by atoms with E-state index in [2.05, 4.69) is 0 Å². The molecule has 0 aliphatic heterocycles. The summed E-state index contributed by atoms with van der Waals surface area (Å²) in [5, 5.41) is 0. The van der Waals surface area contributed by atoms with Gasteiger partial charge in [0.05, 0.1) is 5.88 Å². The highest BCUT2D eigenvalue weighted by atomic mass is 35.5. The molecule has 1 rings (SSSR count). The third-order valence-electron chi connectivity index (χ3n) is 1.63. The number of halogens is 3. The minimum absolute atomic E-state index is 0.377. The molecule has 0 saturated carbocycles. The van der Waals surface area contributed by atoms with Crippen LogP contribution in [0.1, 0.15) is 0 Å². The van der Waals surface area contributed by atoms with Crippen molar-refractivity contribution in [2.24, 2.45) is 5.92 Å². The molecule has 1 aliphatic carbocycles. The average Bonchev–Trinajstić information content (AvgIpc) is 2.02. The molecule has 1 aliphatic rings. The molecular weight excluding hydrogens is 186 g/mol. The molecule has 1 nitrogen and oxygen atoms in total. The first-order valence-electron chi connectivity index (χ1n) is 3.40. The molecule has 0 saturated heterocycles. The highest BCUT2D eigenvalue weighted by Crippen LogP contribution is 2.31. The van der Waals surface area contributed by atoms with Gasteiger partial charge in [0, 0.05) is 0 Å². The lowest BCUT2D eigenvalue weighted by atomic mass is 9.93. The lowest BCUT2D eigenvalue weighted by Gasteiger charge is -2.21. The van der Waals surface area contributed by atoms with Crippen LogP contribution in [0.5, 0.6) is 0 Å². The van der Waals surface area contributed by atoms with E-state index in [0.717, 1.165) is 0 Å². The summed E-state index contributed by atoms with van der Waals surface area (Å²) in [5.74, 6) is -5.50. The zero-order chi connectivity index (χ0) is 9.19. The second kappa shape index (κ2) is 3.35. The Balaban J connectivity index is 2.84. The van der Waals surface area contributed by atoms with Crippen LogP contribution in [0, 0.1) is 5.92 Å². The monoisotopic (exact) mass is 192 g/mol. The number of hydrogen-bond donors (Lipinski definition) is 0. The summed E-state index contributed by atoms with van der Waals surface area (Å²) in [6.45, 7) is 0. The number of ketones is 1. The second-order valence-corrected chi connectivity index (χ2v) is 2.76. The predicted octanol–water partition coefficient (Wildman–Crippen LogP) is 2.17. The van der Waals surface area contributed by atoms with E-state index in [1.165, 1.54) is 18.2 Å². The normalized spacial score (nSPS) is 25.8. The van der Waals surface area contributed by atoms with E-state index in [1.54, 1.807) is 0 Å². The maximum absolute atomic E-state index is 12.9. The summed E-state index contributed by atoms with van der Waals surface area (Å²) in [6, 6.07) is 0. The van der Waals surface area contributed by atoms with E-state index in [9.17, 15) is 13.6 Å². The van der Waals surface area contributed by atoms with Crippen LogP contribution in [0.2, 0.25) is 0 Å². The summed E-state index contributed by atoms with van der Waals surface area (Å²) in [4.78, 5) is 10.9. The van der Waals surface area contributed by atoms with Gasteiger partial charge in [0.2, 0.25) is 0 Å². The maximum atomic E-state index is 12.9. The molecule has 1 unspecified atom stereocenters. The minimum Gasteiger partial charge on any atom is -0.297 e. The van der Waals surface area contributed by atoms with Crippen molar-refractivity contribution in [3.8, 4) is 0 Å². The Morgan fingerprint density at radius 1 is 1.50 bits per heavy atom. The summed E-state index contributed by atoms with van der Waals surface area (Å²) >= 11 is 5.17. The minimum atomic E-state index is -3.08. The van der Waals surface area contributed by atoms with Crippen LogP contribution in [0.4, 0.5) is 8.78 Å². The maximum Gasteiger partial charge on any atom is 0.279 e. The summed E-state index contributed by atoms with van der Waals surface area (Å²) in [6.07, 6.45) is 4.53. The first-order chi connectivity index (χ1) is 5.58. The van der Waals surface area contributed by atoms with Gasteiger partial charge in [0.1, 0.15) is 5.92 Å². The van der Waals surface area contributed by atoms with Gasteiger partial charge < -0.3 is 0 Å². The Hall–Kier alpha value is -0.700. The molecule has 0 heterocycles. The fourth-order valence-electron chi connectivity index (χ4n) is 0.996. The van der Waals surface area contributed by atoms with Gasteiger partial charge in [-0.1, -0.05) is 18.2 Å². The molecule has 0 fully saturated rings. The highest BCUT2D eigenvalue weighted by molar-refractivity contribution is 6.28. The van der Waals surface area contributed by atoms with Crippen molar-refractivity contribution < 1.29 is 13.6 Å². The molecule has 1 atom stereocenters. The van der Waals surface area contributed by atoms with Crippen molar-refractivity contribution in [3.05, 3.63) is 24.3 Å². The number of allylic oxidation sites excluding steroid dienone is 4. The van der Waals surface area contributed by atoms with E-state index >= 15 is 0 Å². The lowest BCUT2D eigenvalue weighted by molar-refractivity contribution is -0.126. The predicted molar refractivity (Wildman–Crippen MR) is 42.4 cm³/mol. The lowest BCUT2D eigenvalue weighted by Crippen LogP contribution is -2.33. The van der Waals surface area contributed by atoms with E-state index in [1.807, 2.05) is 0 Å². The number of carbonyl (C=O) groups is 1. The molecule has 0 spiro atoms. The molecule has 0 N–H and O–H groups in total. The molecule has 0 radical (unpaired) electrons. The molecular formula is C8H7ClF2O. The number of Topliss-reactive ketones (excluding diaryl/α,β-unsaturated/α-hetero) is 1. The zero-order valence-corrected chi connectivity index (χ0v) is 6.89. The van der Waals surface area contributed by atoms with Gasteiger partial charge in [-0.05, 0) is 6.08 Å². The van der Waals surface area contributed by atoms with Crippen LogP contribution in [0.3, 0.4) is 0 Å². The highest BCUT2D eigenvalue weighted by Gasteiger charge is 2.40. The Morgan fingerprint density at radius 3 is 2.67 bits per heavy atom. The number of hydrogen-bond acceptors (Lipinski definition) is 1. The molecule has 0 aromatic rings. The first kappa shape index (κ1) is 9.39. The van der Waals surface area contributed by atoms with Crippen molar-refractivity contribution >= 4 is 17.4 Å². The standard InChI is InChI=1S/C8H7ClF2O/c9-5-7(12)6-3-1-2-4-8(6,10)11/h1-4,6H,5H2. The third-order valence-corrected chi connectivity index (χ3v) is 1.89. The van der Waals surface area contributed by atoms with Gasteiger partial charge in [-0.15, -0.1) is 11.6 Å². The molecule has 0 bridgehead atoms. The molecule has 12 heavy (non-hydrogen) atoms. The molecule has 0 amide bonds.